The number of hydrogen-bond acceptors (Lipinski definition) is 7. The number of carbonyl (C=O) groups is 1. The number of pyridine rings is 3. The van der Waals surface area contributed by atoms with Gasteiger partial charge in [0.25, 0.3) is 0 Å². The summed E-state index contributed by atoms with van der Waals surface area (Å²) in [6.45, 7) is -2.48. The normalized spacial score (nSPS) is 19.7. The molecule has 4 aromatic heterocycles. The summed E-state index contributed by atoms with van der Waals surface area (Å²) in [6, 6.07) is 5.06. The molecule has 0 unspecified atom stereocenters. The molecular formula is C20H18FN7O2. The Balaban J connectivity index is 1.62. The first-order valence-corrected chi connectivity index (χ1v) is 9.14. The predicted molar refractivity (Wildman–Crippen MR) is 109 cm³/mol. The van der Waals surface area contributed by atoms with Crippen LogP contribution in [-0.2, 0) is 4.79 Å². The van der Waals surface area contributed by atoms with Crippen LogP contribution in [0.2, 0.25) is 0 Å². The summed E-state index contributed by atoms with van der Waals surface area (Å²) in [6.07, 6.45) is 3.57. The van der Waals surface area contributed by atoms with Gasteiger partial charge in [-0.15, -0.1) is 5.10 Å². The summed E-state index contributed by atoms with van der Waals surface area (Å²) < 4.78 is 42.6. The van der Waals surface area contributed by atoms with Gasteiger partial charge < -0.3 is 15.4 Å². The summed E-state index contributed by atoms with van der Waals surface area (Å²) in [5.41, 5.74) is 1.06. The highest BCUT2D eigenvalue weighted by Gasteiger charge is 2.43. The lowest BCUT2D eigenvalue weighted by Crippen LogP contribution is -2.15. The molecule has 4 heterocycles. The van der Waals surface area contributed by atoms with Crippen LogP contribution in [0.5, 0.6) is 5.75 Å². The fourth-order valence-electron chi connectivity index (χ4n) is 3.23. The van der Waals surface area contributed by atoms with Crippen molar-refractivity contribution in [1.29, 1.82) is 0 Å². The maximum atomic E-state index is 13.3. The van der Waals surface area contributed by atoms with Crippen molar-refractivity contribution in [3.63, 3.8) is 0 Å². The Hall–Kier alpha value is -3.82. The van der Waals surface area contributed by atoms with Gasteiger partial charge in [-0.05, 0) is 24.6 Å². The lowest BCUT2D eigenvalue weighted by Gasteiger charge is -2.10. The topological polar surface area (TPSA) is 106 Å². The molecule has 1 aliphatic rings. The zero-order valence-corrected chi connectivity index (χ0v) is 15.8. The van der Waals surface area contributed by atoms with Crippen LogP contribution in [0.25, 0.3) is 27.8 Å². The van der Waals surface area contributed by atoms with E-state index in [9.17, 15) is 9.18 Å². The number of nitrogens with one attached hydrogen (secondary N) is 2. The second-order valence-electron chi connectivity index (χ2n) is 6.92. The van der Waals surface area contributed by atoms with E-state index in [-0.39, 0.29) is 18.1 Å². The van der Waals surface area contributed by atoms with E-state index in [4.69, 9.17) is 8.85 Å². The molecule has 0 aromatic carbocycles. The van der Waals surface area contributed by atoms with Crippen molar-refractivity contribution in [3.8, 4) is 17.1 Å². The molecule has 0 spiro atoms. The molecule has 0 radical (unpaired) electrons. The van der Waals surface area contributed by atoms with E-state index in [1.165, 1.54) is 12.4 Å². The Morgan fingerprint density at radius 3 is 2.97 bits per heavy atom. The highest BCUT2D eigenvalue weighted by Crippen LogP contribution is 2.35. The number of ether oxygens (including phenoxy) is 1. The molecule has 1 fully saturated rings. The minimum atomic E-state index is -2.48. The first kappa shape index (κ1) is 15.1. The molecule has 1 saturated carbocycles. The molecule has 5 rings (SSSR count). The Kier molecular flexibility index (Phi) is 3.47. The molecular weight excluding hydrogens is 389 g/mol. The minimum absolute atomic E-state index is 0.0931. The number of methoxy groups -OCH3 is 1. The summed E-state index contributed by atoms with van der Waals surface area (Å²) in [5, 5.41) is 10.4. The smallest absolute Gasteiger partial charge is 0.231 e. The van der Waals surface area contributed by atoms with Crippen LogP contribution in [0.4, 0.5) is 16.0 Å². The number of aromatic nitrogens is 5. The molecule has 0 aliphatic heterocycles. The van der Waals surface area contributed by atoms with Gasteiger partial charge >= 0.3 is 0 Å². The molecule has 30 heavy (non-hydrogen) atoms. The second kappa shape index (κ2) is 6.90. The van der Waals surface area contributed by atoms with Crippen LogP contribution < -0.4 is 15.4 Å². The van der Waals surface area contributed by atoms with E-state index in [0.717, 1.165) is 0 Å². The number of rotatable bonds is 5. The average Bonchev–Trinajstić information content (AvgIpc) is 3.35. The van der Waals surface area contributed by atoms with Gasteiger partial charge in [0.1, 0.15) is 23.6 Å². The van der Waals surface area contributed by atoms with Gasteiger partial charge in [-0.25, -0.2) is 23.9 Å². The lowest BCUT2D eigenvalue weighted by atomic mass is 10.1. The third kappa shape index (κ3) is 3.06. The maximum Gasteiger partial charge on any atom is 0.231 e. The van der Waals surface area contributed by atoms with Gasteiger partial charge in [0, 0.05) is 39.8 Å². The Morgan fingerprint density at radius 1 is 1.33 bits per heavy atom. The van der Waals surface area contributed by atoms with Crippen LogP contribution in [0, 0.1) is 5.92 Å². The van der Waals surface area contributed by atoms with Crippen molar-refractivity contribution >= 4 is 34.0 Å². The van der Waals surface area contributed by atoms with E-state index in [2.05, 4.69) is 30.7 Å². The number of amides is 1. The van der Waals surface area contributed by atoms with Gasteiger partial charge in [-0.2, -0.15) is 0 Å². The molecule has 0 saturated heterocycles. The van der Waals surface area contributed by atoms with E-state index in [1.807, 2.05) is 0 Å². The first-order chi connectivity index (χ1) is 15.7. The predicted octanol–water partition coefficient (Wildman–Crippen LogP) is 2.69. The van der Waals surface area contributed by atoms with E-state index < -0.39 is 25.0 Å². The van der Waals surface area contributed by atoms with Gasteiger partial charge in [-0.1, -0.05) is 0 Å². The maximum absolute atomic E-state index is 13.3. The molecule has 2 atom stereocenters. The van der Waals surface area contributed by atoms with Crippen molar-refractivity contribution in [2.45, 2.75) is 12.6 Å². The second-order valence-corrected chi connectivity index (χ2v) is 6.92. The number of anilines is 2. The first-order valence-electron chi connectivity index (χ1n) is 10.6. The number of nitrogens with zero attached hydrogens (tertiary/aromatic N) is 5. The molecule has 0 bridgehead atoms. The van der Waals surface area contributed by atoms with Crippen molar-refractivity contribution in [3.05, 3.63) is 36.8 Å². The molecule has 4 aromatic rings. The van der Waals surface area contributed by atoms with E-state index in [1.54, 1.807) is 36.0 Å². The van der Waals surface area contributed by atoms with Crippen LogP contribution in [0.1, 0.15) is 10.5 Å². The van der Waals surface area contributed by atoms with Gasteiger partial charge in [0.05, 0.1) is 19.2 Å². The van der Waals surface area contributed by atoms with Crippen molar-refractivity contribution < 1.29 is 18.0 Å². The Bertz CT molecular complexity index is 1390. The van der Waals surface area contributed by atoms with Gasteiger partial charge in [0.2, 0.25) is 5.91 Å². The number of alkyl halides is 1. The largest absolute Gasteiger partial charge is 0.495 e. The number of carbonyl (C=O) groups excluding carboxylic acids is 1. The van der Waals surface area contributed by atoms with Gasteiger partial charge in [0.15, 0.2) is 11.5 Å². The molecule has 2 N–H and O–H groups in total. The standard InChI is InChI=1S/C20H18FN7O2/c1-22-18-13-7-23-16(25-20(29)12-5-15(12)21)6-11(13)14(8-24-18)19-26-17-4-3-10(30-2)9-28(17)27-19/h3-4,6-9,12,15H,5H2,1-2H3,(H,22,24)(H,23,25,29)/t12-,15+/m0/s1/i1D3. The zero-order chi connectivity index (χ0) is 23.3. The van der Waals surface area contributed by atoms with Crippen LogP contribution >= 0.6 is 0 Å². The Morgan fingerprint density at radius 2 is 2.20 bits per heavy atom. The third-order valence-corrected chi connectivity index (χ3v) is 4.97. The van der Waals surface area contributed by atoms with E-state index >= 15 is 0 Å². The SMILES string of the molecule is [2H]C([2H])([2H])Nc1ncc(-c2nc3ccc(OC)cn3n2)c2cc(NC(=O)[C@H]3C[C@H]3F)ncc12. The number of hydrogen-bond donors (Lipinski definition) is 2. The highest BCUT2D eigenvalue weighted by molar-refractivity contribution is 6.03. The summed E-state index contributed by atoms with van der Waals surface area (Å²) in [4.78, 5) is 25.1. The minimum Gasteiger partial charge on any atom is -0.495 e. The third-order valence-electron chi connectivity index (χ3n) is 4.97. The van der Waals surface area contributed by atoms with Crippen LogP contribution in [-0.4, -0.2) is 50.7 Å². The molecule has 152 valence electrons. The van der Waals surface area contributed by atoms with Crippen LogP contribution in [0.15, 0.2) is 36.8 Å². The fraction of sp³-hybridized carbons (Fsp3) is 0.250. The number of halogens is 1. The Labute approximate surface area is 174 Å². The average molecular weight is 410 g/mol. The monoisotopic (exact) mass is 410 g/mol. The fourth-order valence-corrected chi connectivity index (χ4v) is 3.23. The zero-order valence-electron chi connectivity index (χ0n) is 18.8. The van der Waals surface area contributed by atoms with Gasteiger partial charge in [-0.3, -0.25) is 4.79 Å². The summed E-state index contributed by atoms with van der Waals surface area (Å²) >= 11 is 0. The molecule has 10 heteroatoms. The summed E-state index contributed by atoms with van der Waals surface area (Å²) in [7, 11) is 1.54. The highest BCUT2D eigenvalue weighted by atomic mass is 19.1. The lowest BCUT2D eigenvalue weighted by molar-refractivity contribution is -0.117. The molecule has 1 amide bonds. The van der Waals surface area contributed by atoms with Crippen molar-refractivity contribution in [2.75, 3.05) is 24.7 Å². The summed E-state index contributed by atoms with van der Waals surface area (Å²) in [5.74, 6) is 0.0844. The molecule has 1 aliphatic carbocycles. The quantitative estimate of drug-likeness (QED) is 0.521. The van der Waals surface area contributed by atoms with Crippen molar-refractivity contribution in [1.82, 2.24) is 24.6 Å². The molecule has 9 nitrogen and oxygen atoms in total. The van der Waals surface area contributed by atoms with E-state index in [0.29, 0.717) is 33.6 Å². The number of fused-ring (bicyclic) bond motifs is 2. The van der Waals surface area contributed by atoms with Crippen molar-refractivity contribution in [2.24, 2.45) is 5.92 Å². The van der Waals surface area contributed by atoms with Crippen LogP contribution in [0.3, 0.4) is 0 Å².